The Labute approximate surface area is 146 Å². The summed E-state index contributed by atoms with van der Waals surface area (Å²) in [6, 6.07) is 0. The molecular weight excluding hydrogens is 324 g/mol. The lowest BCUT2D eigenvalue weighted by Crippen LogP contribution is -2.12. The highest BCUT2D eigenvalue weighted by Gasteiger charge is 2.23. The summed E-state index contributed by atoms with van der Waals surface area (Å²) >= 11 is 0. The molecule has 2 aromatic rings. The van der Waals surface area contributed by atoms with Crippen LogP contribution in [0.25, 0.3) is 0 Å². The van der Waals surface area contributed by atoms with Gasteiger partial charge in [-0.05, 0) is 12.8 Å². The summed E-state index contributed by atoms with van der Waals surface area (Å²) in [6.07, 6.45) is 5.21. The first kappa shape index (κ1) is 17.6. The van der Waals surface area contributed by atoms with Crippen LogP contribution in [0.3, 0.4) is 0 Å². The highest BCUT2D eigenvalue weighted by Crippen LogP contribution is 2.32. The molecule has 0 radical (unpaired) electrons. The maximum Gasteiger partial charge on any atom is 0.306 e. The average molecular weight is 348 g/mol. The summed E-state index contributed by atoms with van der Waals surface area (Å²) in [4.78, 5) is 20.5. The van der Waals surface area contributed by atoms with Crippen molar-refractivity contribution in [3.63, 3.8) is 0 Å². The van der Waals surface area contributed by atoms with Crippen molar-refractivity contribution in [1.29, 1.82) is 0 Å². The van der Waals surface area contributed by atoms with Gasteiger partial charge in [-0.2, -0.15) is 9.97 Å². The van der Waals surface area contributed by atoms with Gasteiger partial charge >= 0.3 is 5.97 Å². The molecule has 2 aromatic heterocycles. The van der Waals surface area contributed by atoms with E-state index in [9.17, 15) is 4.79 Å². The van der Waals surface area contributed by atoms with E-state index in [0.717, 1.165) is 18.7 Å². The van der Waals surface area contributed by atoms with Crippen LogP contribution in [0.1, 0.15) is 82.2 Å². The number of ether oxygens (including phenoxy) is 1. The van der Waals surface area contributed by atoms with Gasteiger partial charge in [0.2, 0.25) is 17.6 Å². The maximum atomic E-state index is 11.9. The van der Waals surface area contributed by atoms with Crippen LogP contribution in [0.5, 0.6) is 0 Å². The first-order valence-electron chi connectivity index (χ1n) is 8.73. The number of esters is 1. The molecule has 1 aliphatic carbocycles. The van der Waals surface area contributed by atoms with Crippen LogP contribution in [0.15, 0.2) is 9.05 Å². The van der Waals surface area contributed by atoms with Crippen molar-refractivity contribution in [2.24, 2.45) is 0 Å². The summed E-state index contributed by atoms with van der Waals surface area (Å²) in [7, 11) is 0. The van der Waals surface area contributed by atoms with Crippen LogP contribution in [0, 0.1) is 0 Å². The van der Waals surface area contributed by atoms with E-state index in [2.05, 4.69) is 20.3 Å². The van der Waals surface area contributed by atoms with E-state index in [0.29, 0.717) is 29.9 Å². The van der Waals surface area contributed by atoms with Gasteiger partial charge in [-0.3, -0.25) is 4.79 Å². The predicted molar refractivity (Wildman–Crippen MR) is 86.6 cm³/mol. The van der Waals surface area contributed by atoms with Crippen molar-refractivity contribution in [2.45, 2.75) is 77.2 Å². The molecule has 25 heavy (non-hydrogen) atoms. The van der Waals surface area contributed by atoms with Crippen LogP contribution in [-0.4, -0.2) is 26.3 Å². The molecule has 0 atom stereocenters. The zero-order valence-electron chi connectivity index (χ0n) is 14.9. The molecule has 0 spiro atoms. The van der Waals surface area contributed by atoms with Gasteiger partial charge in [0.25, 0.3) is 0 Å². The highest BCUT2D eigenvalue weighted by atomic mass is 16.5. The monoisotopic (exact) mass is 348 g/mol. The Bertz CT molecular complexity index is 710. The van der Waals surface area contributed by atoms with E-state index in [1.807, 2.05) is 20.8 Å². The smallest absolute Gasteiger partial charge is 0.306 e. The lowest BCUT2D eigenvalue weighted by atomic mass is 9.97. The molecule has 0 aliphatic heterocycles. The molecule has 0 amide bonds. The number of carbonyl (C=O) groups excluding carboxylic acids is 1. The van der Waals surface area contributed by atoms with E-state index in [1.54, 1.807) is 0 Å². The van der Waals surface area contributed by atoms with E-state index < -0.39 is 0 Å². The van der Waals surface area contributed by atoms with Crippen molar-refractivity contribution < 1.29 is 18.6 Å². The normalized spacial score (nSPS) is 15.6. The zero-order valence-corrected chi connectivity index (χ0v) is 14.9. The maximum absolute atomic E-state index is 11.9. The van der Waals surface area contributed by atoms with Crippen LogP contribution in [-0.2, 0) is 28.0 Å². The molecule has 136 valence electrons. The lowest BCUT2D eigenvalue weighted by molar-refractivity contribution is -0.145. The van der Waals surface area contributed by atoms with Crippen LogP contribution in [0.2, 0.25) is 0 Å². The molecule has 0 aromatic carbocycles. The number of hydrogen-bond donors (Lipinski definition) is 0. The number of nitrogens with zero attached hydrogens (tertiary/aromatic N) is 4. The Kier molecular flexibility index (Phi) is 5.15. The van der Waals surface area contributed by atoms with Crippen molar-refractivity contribution in [3.05, 3.63) is 23.4 Å². The van der Waals surface area contributed by atoms with E-state index in [4.69, 9.17) is 13.8 Å². The van der Waals surface area contributed by atoms with Crippen molar-refractivity contribution in [1.82, 2.24) is 20.3 Å². The molecule has 8 nitrogen and oxygen atoms in total. The molecule has 8 heteroatoms. The molecule has 0 saturated heterocycles. The predicted octanol–water partition coefficient (Wildman–Crippen LogP) is 3.08. The highest BCUT2D eigenvalue weighted by molar-refractivity contribution is 5.69. The Hall–Kier alpha value is -2.25. The topological polar surface area (TPSA) is 104 Å². The number of hydrogen-bond acceptors (Lipinski definition) is 8. The Morgan fingerprint density at radius 2 is 1.92 bits per heavy atom. The largest absolute Gasteiger partial charge is 0.457 e. The molecule has 0 unspecified atom stereocenters. The van der Waals surface area contributed by atoms with Gasteiger partial charge in [0.1, 0.15) is 0 Å². The molecule has 3 rings (SSSR count). The minimum Gasteiger partial charge on any atom is -0.457 e. The Morgan fingerprint density at radius 3 is 2.60 bits per heavy atom. The number of aromatic nitrogens is 4. The number of rotatable bonds is 6. The fourth-order valence-corrected chi connectivity index (χ4v) is 2.76. The molecule has 0 N–H and O–H groups in total. The fourth-order valence-electron chi connectivity index (χ4n) is 2.76. The SMILES string of the molecule is CC(C)(C)c1nc(COC(=O)CCc2nc(C3CCCC3)no2)no1. The Morgan fingerprint density at radius 1 is 1.16 bits per heavy atom. The van der Waals surface area contributed by atoms with E-state index in [1.165, 1.54) is 12.8 Å². The zero-order chi connectivity index (χ0) is 17.9. The first-order chi connectivity index (χ1) is 11.9. The van der Waals surface area contributed by atoms with Crippen LogP contribution < -0.4 is 0 Å². The standard InChI is InChI=1S/C17H24N4O4/c1-17(2,3)16-18-12(20-25-16)10-23-14(22)9-8-13-19-15(21-24-13)11-6-4-5-7-11/h11H,4-10H2,1-3H3. The molecule has 0 bridgehead atoms. The van der Waals surface area contributed by atoms with E-state index in [-0.39, 0.29) is 24.4 Å². The third-order valence-corrected chi connectivity index (χ3v) is 4.22. The van der Waals surface area contributed by atoms with Gasteiger partial charge in [0, 0.05) is 17.8 Å². The lowest BCUT2D eigenvalue weighted by Gasteiger charge is -2.10. The van der Waals surface area contributed by atoms with Gasteiger partial charge in [0.15, 0.2) is 12.4 Å². The van der Waals surface area contributed by atoms with Crippen molar-refractivity contribution in [2.75, 3.05) is 0 Å². The first-order valence-corrected chi connectivity index (χ1v) is 8.73. The van der Waals surface area contributed by atoms with E-state index >= 15 is 0 Å². The second-order valence-corrected chi connectivity index (χ2v) is 7.45. The Balaban J connectivity index is 1.43. The summed E-state index contributed by atoms with van der Waals surface area (Å²) in [5.41, 5.74) is -0.232. The minimum atomic E-state index is -0.359. The second kappa shape index (κ2) is 7.33. The third-order valence-electron chi connectivity index (χ3n) is 4.22. The number of aryl methyl sites for hydroxylation is 1. The van der Waals surface area contributed by atoms with Gasteiger partial charge in [-0.1, -0.05) is 43.9 Å². The van der Waals surface area contributed by atoms with Gasteiger partial charge in [-0.15, -0.1) is 0 Å². The summed E-state index contributed by atoms with van der Waals surface area (Å²) in [5.74, 6) is 2.17. The van der Waals surface area contributed by atoms with Crippen molar-refractivity contribution >= 4 is 5.97 Å². The summed E-state index contributed by atoms with van der Waals surface area (Å²) in [6.45, 7) is 5.91. The molecule has 1 saturated carbocycles. The summed E-state index contributed by atoms with van der Waals surface area (Å²) < 4.78 is 15.5. The average Bonchev–Trinajstić information content (AvgIpc) is 3.31. The van der Waals surface area contributed by atoms with Crippen LogP contribution >= 0.6 is 0 Å². The summed E-state index contributed by atoms with van der Waals surface area (Å²) in [5, 5.41) is 7.84. The number of carbonyl (C=O) groups is 1. The van der Waals surface area contributed by atoms with Gasteiger partial charge in [0.05, 0.1) is 6.42 Å². The van der Waals surface area contributed by atoms with Gasteiger partial charge in [-0.25, -0.2) is 0 Å². The van der Waals surface area contributed by atoms with Crippen molar-refractivity contribution in [3.8, 4) is 0 Å². The molecule has 2 heterocycles. The van der Waals surface area contributed by atoms with Gasteiger partial charge < -0.3 is 13.8 Å². The molecule has 1 fully saturated rings. The van der Waals surface area contributed by atoms with Crippen LogP contribution in [0.4, 0.5) is 0 Å². The minimum absolute atomic E-state index is 0.00439. The third kappa shape index (κ3) is 4.64. The molecular formula is C17H24N4O4. The fraction of sp³-hybridized carbons (Fsp3) is 0.706. The quantitative estimate of drug-likeness (QED) is 0.733. The molecule has 1 aliphatic rings. The second-order valence-electron chi connectivity index (χ2n) is 7.45.